The molecular formula is C16H16N2O. The van der Waals surface area contributed by atoms with Crippen molar-refractivity contribution in [3.63, 3.8) is 0 Å². The third-order valence-corrected chi connectivity index (χ3v) is 2.80. The zero-order chi connectivity index (χ0) is 13.7. The fraction of sp³-hybridized carbons (Fsp3) is 0.0625. The molecule has 0 aliphatic carbocycles. The fourth-order valence-corrected chi connectivity index (χ4v) is 1.80. The summed E-state index contributed by atoms with van der Waals surface area (Å²) in [6.07, 6.45) is 2.53. The quantitative estimate of drug-likeness (QED) is 0.648. The second-order valence-corrected chi connectivity index (χ2v) is 4.23. The van der Waals surface area contributed by atoms with Crippen LogP contribution in [0.4, 0.5) is 11.4 Å². The number of hydrogen-bond donors (Lipinski definition) is 2. The molecule has 96 valence electrons. The SMILES string of the molecule is C=CCc1ccccc1NC(=O)c1ccc(N)cc1. The number of nitrogens with one attached hydrogen (secondary N) is 1. The van der Waals surface area contributed by atoms with E-state index in [9.17, 15) is 4.79 Å². The number of nitrogens with two attached hydrogens (primary N) is 1. The Labute approximate surface area is 112 Å². The second-order valence-electron chi connectivity index (χ2n) is 4.23. The maximum absolute atomic E-state index is 12.1. The minimum Gasteiger partial charge on any atom is -0.399 e. The molecule has 1 amide bonds. The van der Waals surface area contributed by atoms with Gasteiger partial charge in [0.25, 0.3) is 5.91 Å². The number of benzene rings is 2. The Kier molecular flexibility index (Phi) is 3.98. The molecule has 0 saturated heterocycles. The summed E-state index contributed by atoms with van der Waals surface area (Å²) in [5.74, 6) is -0.142. The average Bonchev–Trinajstić information content (AvgIpc) is 2.42. The predicted molar refractivity (Wildman–Crippen MR) is 79.2 cm³/mol. The second kappa shape index (κ2) is 5.87. The predicted octanol–water partition coefficient (Wildman–Crippen LogP) is 3.25. The number of hydrogen-bond acceptors (Lipinski definition) is 2. The molecule has 3 N–H and O–H groups in total. The number of carbonyl (C=O) groups is 1. The molecule has 0 aromatic heterocycles. The molecule has 0 aliphatic rings. The topological polar surface area (TPSA) is 55.1 Å². The average molecular weight is 252 g/mol. The molecule has 19 heavy (non-hydrogen) atoms. The number of allylic oxidation sites excluding steroid dienone is 1. The first-order valence-electron chi connectivity index (χ1n) is 6.06. The van der Waals surface area contributed by atoms with Gasteiger partial charge in [0.1, 0.15) is 0 Å². The number of anilines is 2. The Morgan fingerprint density at radius 1 is 1.16 bits per heavy atom. The van der Waals surface area contributed by atoms with E-state index in [4.69, 9.17) is 5.73 Å². The van der Waals surface area contributed by atoms with Gasteiger partial charge < -0.3 is 11.1 Å². The van der Waals surface area contributed by atoms with Crippen LogP contribution in [0.5, 0.6) is 0 Å². The summed E-state index contributed by atoms with van der Waals surface area (Å²) < 4.78 is 0. The van der Waals surface area contributed by atoms with Crippen molar-refractivity contribution in [2.24, 2.45) is 0 Å². The lowest BCUT2D eigenvalue weighted by Crippen LogP contribution is -2.13. The smallest absolute Gasteiger partial charge is 0.255 e. The van der Waals surface area contributed by atoms with Crippen molar-refractivity contribution < 1.29 is 4.79 Å². The normalized spacial score (nSPS) is 9.89. The molecular weight excluding hydrogens is 236 g/mol. The first-order valence-corrected chi connectivity index (χ1v) is 6.06. The molecule has 3 heteroatoms. The molecule has 2 rings (SSSR count). The van der Waals surface area contributed by atoms with Gasteiger partial charge in [-0.2, -0.15) is 0 Å². The third-order valence-electron chi connectivity index (χ3n) is 2.80. The summed E-state index contributed by atoms with van der Waals surface area (Å²) in [7, 11) is 0. The third kappa shape index (κ3) is 3.22. The minimum absolute atomic E-state index is 0.142. The van der Waals surface area contributed by atoms with Crippen LogP contribution in [-0.4, -0.2) is 5.91 Å². The zero-order valence-corrected chi connectivity index (χ0v) is 10.6. The van der Waals surface area contributed by atoms with Crippen LogP contribution in [0, 0.1) is 0 Å². The van der Waals surface area contributed by atoms with E-state index >= 15 is 0 Å². The first-order chi connectivity index (χ1) is 9.20. The van der Waals surface area contributed by atoms with Crippen molar-refractivity contribution >= 4 is 17.3 Å². The Bertz CT molecular complexity index is 588. The minimum atomic E-state index is -0.142. The summed E-state index contributed by atoms with van der Waals surface area (Å²) in [6.45, 7) is 3.72. The van der Waals surface area contributed by atoms with E-state index in [2.05, 4.69) is 11.9 Å². The van der Waals surface area contributed by atoms with Crippen molar-refractivity contribution in [1.82, 2.24) is 0 Å². The monoisotopic (exact) mass is 252 g/mol. The number of rotatable bonds is 4. The van der Waals surface area contributed by atoms with Crippen LogP contribution >= 0.6 is 0 Å². The molecule has 2 aromatic carbocycles. The van der Waals surface area contributed by atoms with Crippen LogP contribution in [0.15, 0.2) is 61.2 Å². The highest BCUT2D eigenvalue weighted by Gasteiger charge is 2.07. The molecule has 0 radical (unpaired) electrons. The maximum Gasteiger partial charge on any atom is 0.255 e. The molecule has 2 aromatic rings. The van der Waals surface area contributed by atoms with Crippen LogP contribution in [0.2, 0.25) is 0 Å². The van der Waals surface area contributed by atoms with Crippen LogP contribution in [0.3, 0.4) is 0 Å². The van der Waals surface area contributed by atoms with Crippen LogP contribution in [-0.2, 0) is 6.42 Å². The van der Waals surface area contributed by atoms with E-state index in [0.29, 0.717) is 11.3 Å². The Morgan fingerprint density at radius 2 is 1.84 bits per heavy atom. The number of amides is 1. The van der Waals surface area contributed by atoms with E-state index in [0.717, 1.165) is 17.7 Å². The molecule has 0 saturated carbocycles. The van der Waals surface area contributed by atoms with Gasteiger partial charge in [-0.1, -0.05) is 24.3 Å². The van der Waals surface area contributed by atoms with Gasteiger partial charge >= 0.3 is 0 Å². The van der Waals surface area contributed by atoms with Crippen molar-refractivity contribution in [2.75, 3.05) is 11.1 Å². The largest absolute Gasteiger partial charge is 0.399 e. The van der Waals surface area contributed by atoms with Gasteiger partial charge in [0.2, 0.25) is 0 Å². The number of para-hydroxylation sites is 1. The highest BCUT2D eigenvalue weighted by atomic mass is 16.1. The highest BCUT2D eigenvalue weighted by Crippen LogP contribution is 2.17. The molecule has 0 atom stereocenters. The molecule has 0 unspecified atom stereocenters. The van der Waals surface area contributed by atoms with Crippen molar-refractivity contribution in [3.8, 4) is 0 Å². The van der Waals surface area contributed by atoms with Gasteiger partial charge in [0.15, 0.2) is 0 Å². The molecule has 0 spiro atoms. The summed E-state index contributed by atoms with van der Waals surface area (Å²) in [5, 5.41) is 2.90. The Balaban J connectivity index is 2.19. The van der Waals surface area contributed by atoms with E-state index in [1.165, 1.54) is 0 Å². The van der Waals surface area contributed by atoms with Crippen LogP contribution in [0.25, 0.3) is 0 Å². The Morgan fingerprint density at radius 3 is 2.53 bits per heavy atom. The Hall–Kier alpha value is -2.55. The number of carbonyl (C=O) groups excluding carboxylic acids is 1. The molecule has 0 aliphatic heterocycles. The number of nitrogen functional groups attached to an aromatic ring is 1. The standard InChI is InChI=1S/C16H16N2O/c1-2-5-12-6-3-4-7-15(12)18-16(19)13-8-10-14(17)11-9-13/h2-4,6-11H,1,5,17H2,(H,18,19). The van der Waals surface area contributed by atoms with Gasteiger partial charge in [-0.25, -0.2) is 0 Å². The van der Waals surface area contributed by atoms with Gasteiger partial charge in [-0.05, 0) is 42.3 Å². The molecule has 0 bridgehead atoms. The van der Waals surface area contributed by atoms with E-state index < -0.39 is 0 Å². The first kappa shape index (κ1) is 12.9. The van der Waals surface area contributed by atoms with Gasteiger partial charge in [0.05, 0.1) is 0 Å². The lowest BCUT2D eigenvalue weighted by molar-refractivity contribution is 0.102. The van der Waals surface area contributed by atoms with Crippen molar-refractivity contribution in [1.29, 1.82) is 0 Å². The molecule has 0 fully saturated rings. The van der Waals surface area contributed by atoms with E-state index in [1.807, 2.05) is 30.3 Å². The summed E-state index contributed by atoms with van der Waals surface area (Å²) in [4.78, 5) is 12.1. The van der Waals surface area contributed by atoms with Gasteiger partial charge in [-0.15, -0.1) is 6.58 Å². The lowest BCUT2D eigenvalue weighted by atomic mass is 10.1. The van der Waals surface area contributed by atoms with Gasteiger partial charge in [0, 0.05) is 16.9 Å². The highest BCUT2D eigenvalue weighted by molar-refractivity contribution is 6.04. The fourth-order valence-electron chi connectivity index (χ4n) is 1.80. The zero-order valence-electron chi connectivity index (χ0n) is 10.6. The lowest BCUT2D eigenvalue weighted by Gasteiger charge is -2.09. The van der Waals surface area contributed by atoms with Crippen molar-refractivity contribution in [2.45, 2.75) is 6.42 Å². The van der Waals surface area contributed by atoms with E-state index in [1.54, 1.807) is 24.3 Å². The summed E-state index contributed by atoms with van der Waals surface area (Å²) in [6, 6.07) is 14.5. The summed E-state index contributed by atoms with van der Waals surface area (Å²) in [5.41, 5.74) is 8.68. The van der Waals surface area contributed by atoms with E-state index in [-0.39, 0.29) is 5.91 Å². The van der Waals surface area contributed by atoms with Crippen molar-refractivity contribution in [3.05, 3.63) is 72.3 Å². The molecule has 3 nitrogen and oxygen atoms in total. The van der Waals surface area contributed by atoms with Crippen LogP contribution in [0.1, 0.15) is 15.9 Å². The summed E-state index contributed by atoms with van der Waals surface area (Å²) >= 11 is 0. The van der Waals surface area contributed by atoms with Crippen LogP contribution < -0.4 is 11.1 Å². The maximum atomic E-state index is 12.1. The molecule has 0 heterocycles. The van der Waals surface area contributed by atoms with Gasteiger partial charge in [-0.3, -0.25) is 4.79 Å².